The second kappa shape index (κ2) is 8.30. The standard InChI is InChI=1S/C25H16Cl2N2O3S/c1-13-6-8-14(9-7-13)22(30)20-21(16-11-10-15(26)12-17(16)27)29(24(32)23(20)31)25-28-18-4-2-3-5-19(18)33-25/h2-12,21,30H,1H3/t21-/m0/s1. The van der Waals surface area contributed by atoms with Crippen LogP contribution in [0.4, 0.5) is 5.13 Å². The van der Waals surface area contributed by atoms with Crippen LogP contribution in [0.1, 0.15) is 22.7 Å². The van der Waals surface area contributed by atoms with Crippen molar-refractivity contribution in [3.63, 3.8) is 0 Å². The summed E-state index contributed by atoms with van der Waals surface area (Å²) in [5, 5.41) is 12.2. The van der Waals surface area contributed by atoms with Crippen LogP contribution < -0.4 is 4.90 Å². The molecule has 3 aromatic carbocycles. The predicted octanol–water partition coefficient (Wildman–Crippen LogP) is 6.54. The Morgan fingerprint density at radius 2 is 1.76 bits per heavy atom. The Morgan fingerprint density at radius 3 is 2.45 bits per heavy atom. The zero-order valence-corrected chi connectivity index (χ0v) is 19.6. The van der Waals surface area contributed by atoms with E-state index in [4.69, 9.17) is 23.2 Å². The summed E-state index contributed by atoms with van der Waals surface area (Å²) in [5.41, 5.74) is 2.55. The molecule has 2 heterocycles. The van der Waals surface area contributed by atoms with Crippen LogP contribution in [0.3, 0.4) is 0 Å². The number of aliphatic hydroxyl groups is 1. The first-order valence-corrected chi connectivity index (χ1v) is 11.6. The molecule has 1 fully saturated rings. The molecule has 0 aliphatic carbocycles. The molecule has 1 saturated heterocycles. The Balaban J connectivity index is 1.76. The molecular formula is C25H16Cl2N2O3S. The Morgan fingerprint density at radius 1 is 1.03 bits per heavy atom. The summed E-state index contributed by atoms with van der Waals surface area (Å²) in [7, 11) is 0. The fraction of sp³-hybridized carbons (Fsp3) is 0.0800. The maximum atomic E-state index is 13.3. The van der Waals surface area contributed by atoms with Crippen molar-refractivity contribution in [3.8, 4) is 0 Å². The van der Waals surface area contributed by atoms with Crippen molar-refractivity contribution >= 4 is 67.3 Å². The van der Waals surface area contributed by atoms with Crippen molar-refractivity contribution in [2.45, 2.75) is 13.0 Å². The minimum Gasteiger partial charge on any atom is -0.507 e. The highest BCUT2D eigenvalue weighted by molar-refractivity contribution is 7.22. The van der Waals surface area contributed by atoms with Crippen LogP contribution in [0.15, 0.2) is 72.3 Å². The normalized spacial score (nSPS) is 17.8. The largest absolute Gasteiger partial charge is 0.507 e. The molecular weight excluding hydrogens is 479 g/mol. The number of benzene rings is 3. The molecule has 1 aliphatic heterocycles. The maximum Gasteiger partial charge on any atom is 0.301 e. The number of thiazole rings is 1. The van der Waals surface area contributed by atoms with E-state index in [1.807, 2.05) is 43.3 Å². The molecule has 5 rings (SSSR count). The van der Waals surface area contributed by atoms with E-state index in [0.29, 0.717) is 26.8 Å². The number of hydrogen-bond acceptors (Lipinski definition) is 5. The summed E-state index contributed by atoms with van der Waals surface area (Å²) >= 11 is 13.9. The Hall–Kier alpha value is -3.19. The molecule has 4 aromatic rings. The first-order chi connectivity index (χ1) is 15.8. The van der Waals surface area contributed by atoms with Crippen molar-refractivity contribution in [2.24, 2.45) is 0 Å². The van der Waals surface area contributed by atoms with Crippen LogP contribution in [0.5, 0.6) is 0 Å². The number of carbonyl (C=O) groups excluding carboxylic acids is 2. The number of hydrogen-bond donors (Lipinski definition) is 1. The molecule has 0 saturated carbocycles. The minimum atomic E-state index is -0.961. The van der Waals surface area contributed by atoms with E-state index < -0.39 is 17.7 Å². The lowest BCUT2D eigenvalue weighted by Crippen LogP contribution is -2.29. The third kappa shape index (κ3) is 3.70. The lowest BCUT2D eigenvalue weighted by atomic mass is 9.95. The molecule has 0 unspecified atom stereocenters. The number of para-hydroxylation sites is 1. The van der Waals surface area contributed by atoms with Gasteiger partial charge < -0.3 is 5.11 Å². The summed E-state index contributed by atoms with van der Waals surface area (Å²) in [4.78, 5) is 32.4. The van der Waals surface area contributed by atoms with Crippen LogP contribution in [-0.2, 0) is 9.59 Å². The second-order valence-corrected chi connectivity index (χ2v) is 9.52. The molecule has 0 radical (unpaired) electrons. The second-order valence-electron chi connectivity index (χ2n) is 7.67. The monoisotopic (exact) mass is 494 g/mol. The molecule has 1 N–H and O–H groups in total. The smallest absolute Gasteiger partial charge is 0.301 e. The van der Waals surface area contributed by atoms with Crippen LogP contribution in [0.25, 0.3) is 16.0 Å². The molecule has 1 aliphatic rings. The van der Waals surface area contributed by atoms with Crippen molar-refractivity contribution in [1.29, 1.82) is 0 Å². The van der Waals surface area contributed by atoms with E-state index in [2.05, 4.69) is 4.98 Å². The predicted molar refractivity (Wildman–Crippen MR) is 132 cm³/mol. The van der Waals surface area contributed by atoms with Gasteiger partial charge in [0.2, 0.25) is 0 Å². The highest BCUT2D eigenvalue weighted by atomic mass is 35.5. The third-order valence-corrected chi connectivity index (χ3v) is 7.11. The number of carbonyl (C=O) groups is 2. The van der Waals surface area contributed by atoms with Gasteiger partial charge in [-0.1, -0.05) is 82.6 Å². The number of amides is 1. The highest BCUT2D eigenvalue weighted by Crippen LogP contribution is 2.46. The van der Waals surface area contributed by atoms with Gasteiger partial charge in [-0.05, 0) is 36.8 Å². The molecule has 5 nitrogen and oxygen atoms in total. The lowest BCUT2D eigenvalue weighted by Gasteiger charge is -2.24. The van der Waals surface area contributed by atoms with Gasteiger partial charge in [0.05, 0.1) is 21.8 Å². The number of ketones is 1. The summed E-state index contributed by atoms with van der Waals surface area (Å²) < 4.78 is 0.869. The number of aryl methyl sites for hydroxylation is 1. The van der Waals surface area contributed by atoms with Gasteiger partial charge in [-0.3, -0.25) is 14.5 Å². The molecule has 33 heavy (non-hydrogen) atoms. The molecule has 1 aromatic heterocycles. The molecule has 0 bridgehead atoms. The number of rotatable bonds is 3. The van der Waals surface area contributed by atoms with E-state index in [-0.39, 0.29) is 16.4 Å². The summed E-state index contributed by atoms with van der Waals surface area (Å²) in [6.45, 7) is 1.92. The zero-order chi connectivity index (χ0) is 23.3. The van der Waals surface area contributed by atoms with Gasteiger partial charge in [0, 0.05) is 15.6 Å². The fourth-order valence-electron chi connectivity index (χ4n) is 3.88. The SMILES string of the molecule is Cc1ccc(C(O)=C2C(=O)C(=O)N(c3nc4ccccc4s3)[C@H]2c2ccc(Cl)cc2Cl)cc1. The first-order valence-electron chi connectivity index (χ1n) is 10.0. The van der Waals surface area contributed by atoms with E-state index in [0.717, 1.165) is 10.3 Å². The molecule has 164 valence electrons. The van der Waals surface area contributed by atoms with E-state index in [1.165, 1.54) is 16.2 Å². The maximum absolute atomic E-state index is 13.3. The molecule has 1 atom stereocenters. The van der Waals surface area contributed by atoms with Gasteiger partial charge in [0.15, 0.2) is 5.13 Å². The van der Waals surface area contributed by atoms with E-state index in [9.17, 15) is 14.7 Å². The fourth-order valence-corrected chi connectivity index (χ4v) is 5.38. The van der Waals surface area contributed by atoms with Crippen LogP contribution in [-0.4, -0.2) is 21.8 Å². The van der Waals surface area contributed by atoms with Gasteiger partial charge in [0.1, 0.15) is 5.76 Å². The van der Waals surface area contributed by atoms with Gasteiger partial charge in [-0.25, -0.2) is 4.98 Å². The topological polar surface area (TPSA) is 70.5 Å². The van der Waals surface area contributed by atoms with Gasteiger partial charge in [-0.15, -0.1) is 0 Å². The van der Waals surface area contributed by atoms with Crippen molar-refractivity contribution in [3.05, 3.63) is 99.0 Å². The first kappa shape index (κ1) is 21.6. The Bertz CT molecular complexity index is 1430. The summed E-state index contributed by atoms with van der Waals surface area (Å²) in [6, 6.07) is 18.4. The number of Topliss-reactive ketones (excluding diaryl/α,β-unsaturated/α-hetero) is 1. The van der Waals surface area contributed by atoms with Crippen molar-refractivity contribution in [2.75, 3.05) is 4.90 Å². The molecule has 0 spiro atoms. The third-order valence-electron chi connectivity index (χ3n) is 5.52. The summed E-state index contributed by atoms with van der Waals surface area (Å²) in [5.74, 6) is -1.85. The number of halogens is 2. The van der Waals surface area contributed by atoms with Gasteiger partial charge in [0.25, 0.3) is 5.78 Å². The average Bonchev–Trinajstić information content (AvgIpc) is 3.32. The van der Waals surface area contributed by atoms with Crippen molar-refractivity contribution in [1.82, 2.24) is 4.98 Å². The number of fused-ring (bicyclic) bond motifs is 1. The minimum absolute atomic E-state index is 0.0488. The highest BCUT2D eigenvalue weighted by Gasteiger charge is 2.48. The Kier molecular flexibility index (Phi) is 5.44. The lowest BCUT2D eigenvalue weighted by molar-refractivity contribution is -0.132. The average molecular weight is 495 g/mol. The van der Waals surface area contributed by atoms with Gasteiger partial charge in [-0.2, -0.15) is 0 Å². The van der Waals surface area contributed by atoms with E-state index in [1.54, 1.807) is 30.3 Å². The number of nitrogens with zero attached hydrogens (tertiary/aromatic N) is 2. The van der Waals surface area contributed by atoms with Crippen molar-refractivity contribution < 1.29 is 14.7 Å². The molecule has 1 amide bonds. The van der Waals surface area contributed by atoms with Gasteiger partial charge >= 0.3 is 5.91 Å². The quantitative estimate of drug-likeness (QED) is 0.199. The molecule has 8 heteroatoms. The van der Waals surface area contributed by atoms with Crippen LogP contribution >= 0.6 is 34.5 Å². The number of aromatic nitrogens is 1. The summed E-state index contributed by atoms with van der Waals surface area (Å²) in [6.07, 6.45) is 0. The van der Waals surface area contributed by atoms with E-state index >= 15 is 0 Å². The zero-order valence-electron chi connectivity index (χ0n) is 17.3. The van der Waals surface area contributed by atoms with Crippen LogP contribution in [0.2, 0.25) is 10.0 Å². The number of anilines is 1. The van der Waals surface area contributed by atoms with Crippen LogP contribution in [0, 0.1) is 6.92 Å². The number of aliphatic hydroxyl groups excluding tert-OH is 1. The Labute approximate surface area is 203 Å².